The van der Waals surface area contributed by atoms with Crippen molar-refractivity contribution in [1.29, 1.82) is 0 Å². The van der Waals surface area contributed by atoms with E-state index in [9.17, 15) is 4.79 Å². The highest BCUT2D eigenvalue weighted by Crippen LogP contribution is 2.35. The van der Waals surface area contributed by atoms with Gasteiger partial charge in [0.25, 0.3) is 5.91 Å². The SMILES string of the molecule is CNCCC1CCN(C(=O)c2sc(-c3ccc(Cl)s3)nc2C)CC1.Cl. The maximum atomic E-state index is 12.9. The molecule has 0 aromatic carbocycles. The van der Waals surface area contributed by atoms with Crippen molar-refractivity contribution in [2.45, 2.75) is 26.2 Å². The van der Waals surface area contributed by atoms with Crippen LogP contribution in [0.3, 0.4) is 0 Å². The Balaban J connectivity index is 0.00000225. The minimum absolute atomic E-state index is 0. The summed E-state index contributed by atoms with van der Waals surface area (Å²) < 4.78 is 0.745. The van der Waals surface area contributed by atoms with Crippen molar-refractivity contribution in [2.75, 3.05) is 26.7 Å². The van der Waals surface area contributed by atoms with E-state index in [1.54, 1.807) is 0 Å². The molecule has 138 valence electrons. The Morgan fingerprint density at radius 3 is 2.68 bits per heavy atom. The number of rotatable bonds is 5. The predicted molar refractivity (Wildman–Crippen MR) is 110 cm³/mol. The van der Waals surface area contributed by atoms with E-state index < -0.39 is 0 Å². The Morgan fingerprint density at radius 1 is 1.36 bits per heavy atom. The number of carbonyl (C=O) groups excluding carboxylic acids is 1. The molecule has 1 N–H and O–H groups in total. The number of carbonyl (C=O) groups is 1. The number of thiazole rings is 1. The second-order valence-corrected chi connectivity index (χ2v) is 8.88. The summed E-state index contributed by atoms with van der Waals surface area (Å²) in [6.45, 7) is 4.68. The van der Waals surface area contributed by atoms with E-state index in [0.717, 1.165) is 63.2 Å². The Bertz CT molecular complexity index is 709. The summed E-state index contributed by atoms with van der Waals surface area (Å²) >= 11 is 8.99. The van der Waals surface area contributed by atoms with Crippen molar-refractivity contribution < 1.29 is 4.79 Å². The number of likely N-dealkylation sites (tertiary alicyclic amines) is 1. The van der Waals surface area contributed by atoms with Gasteiger partial charge in [-0.3, -0.25) is 4.79 Å². The fourth-order valence-electron chi connectivity index (χ4n) is 3.05. The molecule has 0 aliphatic carbocycles. The molecule has 1 amide bonds. The molecule has 3 heterocycles. The molecular formula is C17H23Cl2N3OS2. The molecule has 1 aliphatic heterocycles. The van der Waals surface area contributed by atoms with Gasteiger partial charge < -0.3 is 10.2 Å². The van der Waals surface area contributed by atoms with Crippen molar-refractivity contribution in [3.63, 3.8) is 0 Å². The predicted octanol–water partition coefficient (Wildman–Crippen LogP) is 4.72. The lowest BCUT2D eigenvalue weighted by Gasteiger charge is -2.31. The van der Waals surface area contributed by atoms with Crippen LogP contribution in [0.15, 0.2) is 12.1 Å². The lowest BCUT2D eigenvalue weighted by Crippen LogP contribution is -2.38. The molecule has 2 aromatic heterocycles. The van der Waals surface area contributed by atoms with E-state index in [2.05, 4.69) is 10.3 Å². The quantitative estimate of drug-likeness (QED) is 0.762. The zero-order chi connectivity index (χ0) is 17.1. The molecule has 4 nitrogen and oxygen atoms in total. The van der Waals surface area contributed by atoms with Crippen molar-refractivity contribution in [1.82, 2.24) is 15.2 Å². The number of thiophene rings is 1. The Morgan fingerprint density at radius 2 is 2.08 bits per heavy atom. The lowest BCUT2D eigenvalue weighted by atomic mass is 9.93. The van der Waals surface area contributed by atoms with Crippen LogP contribution in [0, 0.1) is 12.8 Å². The van der Waals surface area contributed by atoms with Crippen LogP contribution in [0.4, 0.5) is 0 Å². The van der Waals surface area contributed by atoms with Crippen LogP contribution in [-0.4, -0.2) is 42.5 Å². The van der Waals surface area contributed by atoms with E-state index in [1.807, 2.05) is 31.0 Å². The average Bonchev–Trinajstić information content (AvgIpc) is 3.18. The lowest BCUT2D eigenvalue weighted by molar-refractivity contribution is 0.0691. The number of nitrogens with one attached hydrogen (secondary N) is 1. The number of aryl methyl sites for hydroxylation is 1. The third-order valence-corrected chi connectivity index (χ3v) is 7.02. The molecule has 25 heavy (non-hydrogen) atoms. The van der Waals surface area contributed by atoms with Crippen LogP contribution in [0.1, 0.15) is 34.6 Å². The average molecular weight is 420 g/mol. The van der Waals surface area contributed by atoms with Gasteiger partial charge in [0, 0.05) is 13.1 Å². The van der Waals surface area contributed by atoms with Crippen LogP contribution in [0.2, 0.25) is 4.34 Å². The van der Waals surface area contributed by atoms with Crippen LogP contribution < -0.4 is 5.32 Å². The largest absolute Gasteiger partial charge is 0.338 e. The summed E-state index contributed by atoms with van der Waals surface area (Å²) in [6, 6.07) is 3.84. The third kappa shape index (κ3) is 4.95. The molecule has 0 bridgehead atoms. The number of nitrogens with zero attached hydrogens (tertiary/aromatic N) is 2. The molecule has 0 unspecified atom stereocenters. The summed E-state index contributed by atoms with van der Waals surface area (Å²) in [5.41, 5.74) is 0.821. The van der Waals surface area contributed by atoms with E-state index >= 15 is 0 Å². The van der Waals surface area contributed by atoms with Gasteiger partial charge in [-0.05, 0) is 57.8 Å². The molecule has 8 heteroatoms. The first-order valence-corrected chi connectivity index (χ1v) is 10.3. The summed E-state index contributed by atoms with van der Waals surface area (Å²) in [5, 5.41) is 4.09. The number of hydrogen-bond donors (Lipinski definition) is 1. The molecule has 0 atom stereocenters. The molecule has 0 radical (unpaired) electrons. The molecule has 1 fully saturated rings. The smallest absolute Gasteiger partial charge is 0.265 e. The number of halogens is 2. The molecular weight excluding hydrogens is 397 g/mol. The van der Waals surface area contributed by atoms with Crippen LogP contribution >= 0.6 is 46.7 Å². The van der Waals surface area contributed by atoms with Gasteiger partial charge in [-0.2, -0.15) is 0 Å². The maximum Gasteiger partial charge on any atom is 0.265 e. The Kier molecular flexibility index (Phi) is 7.70. The van der Waals surface area contributed by atoms with Gasteiger partial charge in [-0.25, -0.2) is 4.98 Å². The van der Waals surface area contributed by atoms with Crippen molar-refractivity contribution >= 4 is 52.6 Å². The van der Waals surface area contributed by atoms with Gasteiger partial charge >= 0.3 is 0 Å². The first-order chi connectivity index (χ1) is 11.6. The number of hydrogen-bond acceptors (Lipinski definition) is 5. The minimum Gasteiger partial charge on any atom is -0.338 e. The van der Waals surface area contributed by atoms with Crippen molar-refractivity contribution in [2.24, 2.45) is 5.92 Å². The van der Waals surface area contributed by atoms with E-state index in [-0.39, 0.29) is 18.3 Å². The number of piperidine rings is 1. The summed E-state index contributed by atoms with van der Waals surface area (Å²) in [6.07, 6.45) is 3.39. The van der Waals surface area contributed by atoms with Crippen molar-refractivity contribution in [3.05, 3.63) is 27.0 Å². The Hall–Kier alpha value is -0.660. The second kappa shape index (κ2) is 9.33. The molecule has 3 rings (SSSR count). The summed E-state index contributed by atoms with van der Waals surface area (Å²) in [5.74, 6) is 0.860. The molecule has 1 aliphatic rings. The highest BCUT2D eigenvalue weighted by Gasteiger charge is 2.26. The zero-order valence-corrected chi connectivity index (χ0v) is 17.6. The van der Waals surface area contributed by atoms with Crippen molar-refractivity contribution in [3.8, 4) is 9.88 Å². The molecule has 0 spiro atoms. The van der Waals surface area contributed by atoms with Gasteiger partial charge in [-0.15, -0.1) is 35.1 Å². The van der Waals surface area contributed by atoms with E-state index in [4.69, 9.17) is 11.6 Å². The van der Waals surface area contributed by atoms with Gasteiger partial charge in [0.05, 0.1) is 14.9 Å². The van der Waals surface area contributed by atoms with Crippen LogP contribution in [-0.2, 0) is 0 Å². The first kappa shape index (κ1) is 20.6. The third-order valence-electron chi connectivity index (χ3n) is 4.48. The second-order valence-electron chi connectivity index (χ2n) is 6.17. The highest BCUT2D eigenvalue weighted by molar-refractivity contribution is 7.24. The number of aromatic nitrogens is 1. The number of amides is 1. The fraction of sp³-hybridized carbons (Fsp3) is 0.529. The molecule has 1 saturated heterocycles. The monoisotopic (exact) mass is 419 g/mol. The van der Waals surface area contributed by atoms with Gasteiger partial charge in [0.2, 0.25) is 0 Å². The highest BCUT2D eigenvalue weighted by atomic mass is 35.5. The summed E-state index contributed by atoms with van der Waals surface area (Å²) in [7, 11) is 1.99. The van der Waals surface area contributed by atoms with Crippen LogP contribution in [0.5, 0.6) is 0 Å². The molecule has 2 aromatic rings. The fourth-order valence-corrected chi connectivity index (χ4v) is 5.18. The maximum absolute atomic E-state index is 12.9. The van der Waals surface area contributed by atoms with Gasteiger partial charge in [0.15, 0.2) is 0 Å². The normalized spacial score (nSPS) is 15.2. The first-order valence-electron chi connectivity index (χ1n) is 8.25. The zero-order valence-electron chi connectivity index (χ0n) is 14.4. The topological polar surface area (TPSA) is 45.2 Å². The van der Waals surface area contributed by atoms with Crippen LogP contribution in [0.25, 0.3) is 9.88 Å². The Labute approximate surface area is 168 Å². The molecule has 0 saturated carbocycles. The standard InChI is InChI=1S/C17H22ClN3OS2.ClH/c1-11-15(24-16(20-11)13-3-4-14(18)23-13)17(22)21-9-6-12(7-10-21)5-8-19-2;/h3-4,12,19H,5-10H2,1-2H3;1H. The van der Waals surface area contributed by atoms with E-state index in [1.165, 1.54) is 29.1 Å². The van der Waals surface area contributed by atoms with E-state index in [0.29, 0.717) is 0 Å². The minimum atomic E-state index is 0. The van der Waals surface area contributed by atoms with Gasteiger partial charge in [-0.1, -0.05) is 11.6 Å². The summed E-state index contributed by atoms with van der Waals surface area (Å²) in [4.78, 5) is 21.2. The van der Waals surface area contributed by atoms with Gasteiger partial charge in [0.1, 0.15) is 9.88 Å².